The maximum absolute atomic E-state index is 12.1. The first-order chi connectivity index (χ1) is 9.97. The second-order valence-corrected chi connectivity index (χ2v) is 6.49. The minimum atomic E-state index is -1.08. The summed E-state index contributed by atoms with van der Waals surface area (Å²) in [6.07, 6.45) is 0. The molecule has 0 saturated carbocycles. The molecule has 2 rings (SSSR count). The van der Waals surface area contributed by atoms with Gasteiger partial charge in [-0.15, -0.1) is 22.7 Å². The van der Waals surface area contributed by atoms with E-state index in [1.54, 1.807) is 24.6 Å². The van der Waals surface area contributed by atoms with Crippen LogP contribution in [0.1, 0.15) is 21.6 Å². The highest BCUT2D eigenvalue weighted by Crippen LogP contribution is 2.19. The number of rotatable bonds is 5. The molecule has 2 heterocycles. The summed E-state index contributed by atoms with van der Waals surface area (Å²) in [5.74, 6) is -1.08. The summed E-state index contributed by atoms with van der Waals surface area (Å²) in [5.41, 5.74) is 0.790. The molecule has 6 nitrogen and oxygen atoms in total. The van der Waals surface area contributed by atoms with Gasteiger partial charge in [-0.25, -0.2) is 14.6 Å². The molecule has 2 aromatic heterocycles. The van der Waals surface area contributed by atoms with E-state index in [1.165, 1.54) is 27.6 Å². The van der Waals surface area contributed by atoms with Crippen molar-refractivity contribution in [3.05, 3.63) is 38.5 Å². The zero-order valence-electron chi connectivity index (χ0n) is 11.6. The summed E-state index contributed by atoms with van der Waals surface area (Å²) in [5, 5.41) is 16.3. The van der Waals surface area contributed by atoms with E-state index in [-0.39, 0.29) is 0 Å². The molecule has 8 heteroatoms. The Morgan fingerprint density at radius 3 is 2.76 bits per heavy atom. The number of carbonyl (C=O) groups is 2. The normalized spacial score (nSPS) is 11.9. The molecule has 0 aliphatic rings. The SMILES string of the molecule is Cc1nc(CN(C)C(=O)NC(C(=O)O)c2cccs2)cs1. The molecule has 2 amide bonds. The standard InChI is InChI=1S/C13H15N3O3S2/c1-8-14-9(7-21-8)6-16(2)13(19)15-11(12(17)18)10-4-3-5-20-10/h3-5,7,11H,6H2,1-2H3,(H,15,19)(H,17,18). The van der Waals surface area contributed by atoms with Crippen LogP contribution < -0.4 is 5.32 Å². The van der Waals surface area contributed by atoms with Crippen molar-refractivity contribution in [2.24, 2.45) is 0 Å². The third-order valence-electron chi connectivity index (χ3n) is 2.75. The van der Waals surface area contributed by atoms with Crippen LogP contribution >= 0.6 is 22.7 Å². The van der Waals surface area contributed by atoms with Gasteiger partial charge in [-0.2, -0.15) is 0 Å². The van der Waals surface area contributed by atoms with Gasteiger partial charge in [0.05, 0.1) is 17.2 Å². The zero-order chi connectivity index (χ0) is 15.4. The molecule has 0 spiro atoms. The molecule has 2 aromatic rings. The highest BCUT2D eigenvalue weighted by atomic mass is 32.1. The first-order valence-corrected chi connectivity index (χ1v) is 7.92. The van der Waals surface area contributed by atoms with Crippen LogP contribution in [0.3, 0.4) is 0 Å². The lowest BCUT2D eigenvalue weighted by molar-refractivity contribution is -0.139. The third-order valence-corrected chi connectivity index (χ3v) is 4.51. The molecular formula is C13H15N3O3S2. The Kier molecular flexibility index (Phi) is 4.92. The Bertz CT molecular complexity index is 624. The van der Waals surface area contributed by atoms with E-state index in [0.29, 0.717) is 11.4 Å². The number of carboxylic acid groups (broad SMARTS) is 1. The van der Waals surface area contributed by atoms with Crippen molar-refractivity contribution in [2.45, 2.75) is 19.5 Å². The lowest BCUT2D eigenvalue weighted by Gasteiger charge is -2.20. The van der Waals surface area contributed by atoms with Gasteiger partial charge in [0, 0.05) is 17.3 Å². The molecule has 0 saturated heterocycles. The van der Waals surface area contributed by atoms with Crippen LogP contribution in [0, 0.1) is 6.92 Å². The van der Waals surface area contributed by atoms with E-state index >= 15 is 0 Å². The number of thiazole rings is 1. The molecule has 2 N–H and O–H groups in total. The van der Waals surface area contributed by atoms with Crippen molar-refractivity contribution < 1.29 is 14.7 Å². The summed E-state index contributed by atoms with van der Waals surface area (Å²) < 4.78 is 0. The van der Waals surface area contributed by atoms with Crippen LogP contribution in [0.2, 0.25) is 0 Å². The fourth-order valence-electron chi connectivity index (χ4n) is 1.74. The number of hydrogen-bond acceptors (Lipinski definition) is 5. The number of urea groups is 1. The Balaban J connectivity index is 2.00. The summed E-state index contributed by atoms with van der Waals surface area (Å²) in [7, 11) is 1.61. The molecule has 0 aromatic carbocycles. The van der Waals surface area contributed by atoms with Crippen molar-refractivity contribution >= 4 is 34.7 Å². The zero-order valence-corrected chi connectivity index (χ0v) is 13.2. The second-order valence-electron chi connectivity index (χ2n) is 4.45. The lowest BCUT2D eigenvalue weighted by Crippen LogP contribution is -2.41. The predicted octanol–water partition coefficient (Wildman–Crippen LogP) is 2.48. The molecule has 1 unspecified atom stereocenters. The van der Waals surface area contributed by atoms with Gasteiger partial charge in [-0.3, -0.25) is 0 Å². The van der Waals surface area contributed by atoms with Crippen LogP contribution in [0.5, 0.6) is 0 Å². The maximum Gasteiger partial charge on any atom is 0.331 e. The number of amides is 2. The van der Waals surface area contributed by atoms with Crippen molar-refractivity contribution in [3.8, 4) is 0 Å². The van der Waals surface area contributed by atoms with Crippen molar-refractivity contribution in [3.63, 3.8) is 0 Å². The van der Waals surface area contributed by atoms with Crippen molar-refractivity contribution in [2.75, 3.05) is 7.05 Å². The molecule has 0 fully saturated rings. The van der Waals surface area contributed by atoms with Crippen LogP contribution in [-0.4, -0.2) is 34.0 Å². The Labute approximate surface area is 130 Å². The van der Waals surface area contributed by atoms with Crippen LogP contribution in [0.25, 0.3) is 0 Å². The van der Waals surface area contributed by atoms with Gasteiger partial charge in [0.15, 0.2) is 6.04 Å². The molecule has 1 atom stereocenters. The quantitative estimate of drug-likeness (QED) is 0.885. The Hall–Kier alpha value is -1.93. The van der Waals surface area contributed by atoms with E-state index < -0.39 is 18.0 Å². The topological polar surface area (TPSA) is 82.5 Å². The highest BCUT2D eigenvalue weighted by molar-refractivity contribution is 7.10. The van der Waals surface area contributed by atoms with Gasteiger partial charge >= 0.3 is 12.0 Å². The van der Waals surface area contributed by atoms with E-state index in [9.17, 15) is 14.7 Å². The fraction of sp³-hybridized carbons (Fsp3) is 0.308. The second kappa shape index (κ2) is 6.68. The predicted molar refractivity (Wildman–Crippen MR) is 81.5 cm³/mol. The monoisotopic (exact) mass is 325 g/mol. The van der Waals surface area contributed by atoms with Gasteiger partial charge in [0.25, 0.3) is 0 Å². The van der Waals surface area contributed by atoms with Crippen molar-refractivity contribution in [1.29, 1.82) is 0 Å². The molecule has 0 radical (unpaired) electrons. The Morgan fingerprint density at radius 2 is 2.24 bits per heavy atom. The van der Waals surface area contributed by atoms with Crippen LogP contribution in [-0.2, 0) is 11.3 Å². The van der Waals surface area contributed by atoms with Gasteiger partial charge in [0.1, 0.15) is 0 Å². The molecule has 0 aliphatic carbocycles. The largest absolute Gasteiger partial charge is 0.479 e. The number of aryl methyl sites for hydroxylation is 1. The highest BCUT2D eigenvalue weighted by Gasteiger charge is 2.24. The smallest absolute Gasteiger partial charge is 0.331 e. The van der Waals surface area contributed by atoms with Gasteiger partial charge < -0.3 is 15.3 Å². The lowest BCUT2D eigenvalue weighted by atomic mass is 10.2. The summed E-state index contributed by atoms with van der Waals surface area (Å²) >= 11 is 2.81. The number of hydrogen-bond donors (Lipinski definition) is 2. The van der Waals surface area contributed by atoms with Gasteiger partial charge in [-0.05, 0) is 18.4 Å². The van der Waals surface area contributed by atoms with Gasteiger partial charge in [-0.1, -0.05) is 6.07 Å². The van der Waals surface area contributed by atoms with E-state index in [4.69, 9.17) is 0 Å². The van der Waals surface area contributed by atoms with E-state index in [1.807, 2.05) is 12.3 Å². The minimum absolute atomic E-state index is 0.340. The molecule has 0 aliphatic heterocycles. The summed E-state index contributed by atoms with van der Waals surface area (Å²) in [6.45, 7) is 2.23. The average Bonchev–Trinajstić information content (AvgIpc) is 3.07. The third kappa shape index (κ3) is 4.02. The number of aromatic nitrogens is 1. The summed E-state index contributed by atoms with van der Waals surface area (Å²) in [4.78, 5) is 29.7. The van der Waals surface area contributed by atoms with Crippen LogP contribution in [0.4, 0.5) is 4.79 Å². The van der Waals surface area contributed by atoms with Gasteiger partial charge in [0.2, 0.25) is 0 Å². The van der Waals surface area contributed by atoms with E-state index in [2.05, 4.69) is 10.3 Å². The number of thiophene rings is 1. The van der Waals surface area contributed by atoms with Crippen molar-refractivity contribution in [1.82, 2.24) is 15.2 Å². The molecular weight excluding hydrogens is 310 g/mol. The number of aliphatic carboxylic acids is 1. The van der Waals surface area contributed by atoms with Crippen LogP contribution in [0.15, 0.2) is 22.9 Å². The first kappa shape index (κ1) is 15.5. The first-order valence-electron chi connectivity index (χ1n) is 6.16. The number of carboxylic acids is 1. The Morgan fingerprint density at radius 1 is 1.48 bits per heavy atom. The molecule has 21 heavy (non-hydrogen) atoms. The number of carbonyl (C=O) groups excluding carboxylic acids is 1. The average molecular weight is 325 g/mol. The maximum atomic E-state index is 12.1. The minimum Gasteiger partial charge on any atom is -0.479 e. The number of nitrogens with one attached hydrogen (secondary N) is 1. The van der Waals surface area contributed by atoms with E-state index in [0.717, 1.165) is 10.7 Å². The number of nitrogens with zero attached hydrogens (tertiary/aromatic N) is 2. The molecule has 0 bridgehead atoms. The summed E-state index contributed by atoms with van der Waals surface area (Å²) in [6, 6.07) is 1.97. The fourth-order valence-corrected chi connectivity index (χ4v) is 3.11. The molecule has 112 valence electrons.